The van der Waals surface area contributed by atoms with Gasteiger partial charge in [-0.15, -0.1) is 0 Å². The van der Waals surface area contributed by atoms with E-state index in [1.165, 1.54) is 0 Å². The summed E-state index contributed by atoms with van der Waals surface area (Å²) in [6.07, 6.45) is 2.26. The average Bonchev–Trinajstić information content (AvgIpc) is 3.54. The molecule has 3 aromatic carbocycles. The minimum absolute atomic E-state index is 0.0636. The van der Waals surface area contributed by atoms with Crippen LogP contribution < -0.4 is 24.8 Å². The summed E-state index contributed by atoms with van der Waals surface area (Å²) in [5, 5.41) is 15.9. The third-order valence-corrected chi connectivity index (χ3v) is 8.72. The van der Waals surface area contributed by atoms with Crippen LogP contribution in [0.25, 0.3) is 0 Å². The number of hydrogen-bond acceptors (Lipinski definition) is 8. The third-order valence-electron chi connectivity index (χ3n) is 8.72. The molecular formula is C37H48N4O7. The second-order valence-electron chi connectivity index (χ2n) is 12.8. The molecular weight excluding hydrogens is 612 g/mol. The highest BCUT2D eigenvalue weighted by molar-refractivity contribution is 6.02. The first-order chi connectivity index (χ1) is 23.2. The molecule has 3 N–H and O–H groups in total. The van der Waals surface area contributed by atoms with Gasteiger partial charge >= 0.3 is 6.03 Å². The lowest BCUT2D eigenvalue weighted by Crippen LogP contribution is -2.47. The molecule has 2 aliphatic heterocycles. The van der Waals surface area contributed by atoms with Gasteiger partial charge in [-0.2, -0.15) is 0 Å². The Bertz CT molecular complexity index is 1520. The van der Waals surface area contributed by atoms with E-state index in [1.54, 1.807) is 35.2 Å². The van der Waals surface area contributed by atoms with Crippen molar-refractivity contribution in [3.63, 3.8) is 0 Å². The molecule has 0 spiro atoms. The van der Waals surface area contributed by atoms with E-state index in [9.17, 15) is 14.7 Å². The first-order valence-electron chi connectivity index (χ1n) is 16.7. The number of anilines is 2. The lowest BCUT2D eigenvalue weighted by Gasteiger charge is -2.36. The highest BCUT2D eigenvalue weighted by Gasteiger charge is 2.30. The van der Waals surface area contributed by atoms with Gasteiger partial charge in [-0.25, -0.2) is 4.79 Å². The molecule has 0 bridgehead atoms. The predicted octanol–water partition coefficient (Wildman–Crippen LogP) is 5.99. The van der Waals surface area contributed by atoms with Crippen molar-refractivity contribution in [2.75, 3.05) is 50.8 Å². The van der Waals surface area contributed by atoms with Gasteiger partial charge in [0.2, 0.25) is 6.79 Å². The Labute approximate surface area is 283 Å². The van der Waals surface area contributed by atoms with Gasteiger partial charge in [0.25, 0.3) is 5.91 Å². The SMILES string of the molecule is C[C@@H]1CCCCO[C@@H](CN(C)Cc2ccc3c(c2)OCO3)[C@H](C)CN([C@@H](C)CO)C(=O)c2cc(NC(=O)Nc3ccccc3)ccc2O1. The van der Waals surface area contributed by atoms with Crippen LogP contribution >= 0.6 is 0 Å². The monoisotopic (exact) mass is 660 g/mol. The Morgan fingerprint density at radius 3 is 2.52 bits per heavy atom. The van der Waals surface area contributed by atoms with Crippen molar-refractivity contribution in [2.24, 2.45) is 5.92 Å². The maximum atomic E-state index is 14.4. The molecule has 4 atom stereocenters. The standard InChI is InChI=1S/C37H48N4O7/c1-25-20-41(26(2)23-42)36(43)31-19-30(39-37(44)38-29-11-6-5-7-12-29)14-16-32(31)48-27(3)10-8-9-17-45-35(25)22-40(4)21-28-13-15-33-34(18-28)47-24-46-33/h5-7,11-16,18-19,25-27,35,42H,8-10,17,20-24H2,1-4H3,(H2,38,39,44)/t25-,26+,27-,35+/m1/s1. The second-order valence-corrected chi connectivity index (χ2v) is 12.8. The molecule has 11 nitrogen and oxygen atoms in total. The molecule has 5 rings (SSSR count). The predicted molar refractivity (Wildman–Crippen MR) is 185 cm³/mol. The lowest BCUT2D eigenvalue weighted by atomic mass is 10.0. The van der Waals surface area contributed by atoms with Crippen LogP contribution in [0, 0.1) is 5.92 Å². The zero-order valence-electron chi connectivity index (χ0n) is 28.3. The Kier molecular flexibility index (Phi) is 12.2. The highest BCUT2D eigenvalue weighted by Crippen LogP contribution is 2.33. The molecule has 48 heavy (non-hydrogen) atoms. The van der Waals surface area contributed by atoms with E-state index >= 15 is 0 Å². The number of nitrogens with one attached hydrogen (secondary N) is 2. The van der Waals surface area contributed by atoms with Gasteiger partial charge in [0, 0.05) is 43.5 Å². The van der Waals surface area contributed by atoms with E-state index in [0.717, 1.165) is 36.3 Å². The summed E-state index contributed by atoms with van der Waals surface area (Å²) in [4.78, 5) is 31.1. The number of benzene rings is 3. The first-order valence-corrected chi connectivity index (χ1v) is 16.7. The van der Waals surface area contributed by atoms with E-state index in [2.05, 4.69) is 29.5 Å². The van der Waals surface area contributed by atoms with Gasteiger partial charge in [-0.3, -0.25) is 9.69 Å². The number of hydrogen-bond donors (Lipinski definition) is 3. The van der Waals surface area contributed by atoms with Crippen molar-refractivity contribution in [1.29, 1.82) is 0 Å². The third kappa shape index (κ3) is 9.40. The highest BCUT2D eigenvalue weighted by atomic mass is 16.7. The van der Waals surface area contributed by atoms with E-state index in [-0.39, 0.29) is 37.4 Å². The Morgan fingerprint density at radius 2 is 1.73 bits per heavy atom. The van der Waals surface area contributed by atoms with Gasteiger partial charge in [0.1, 0.15) is 5.75 Å². The van der Waals surface area contributed by atoms with E-state index in [4.69, 9.17) is 18.9 Å². The summed E-state index contributed by atoms with van der Waals surface area (Å²) in [5.74, 6) is 1.60. The number of likely N-dealkylation sites (N-methyl/N-ethyl adjacent to an activating group) is 1. The fourth-order valence-electron chi connectivity index (χ4n) is 6.00. The molecule has 0 unspecified atom stereocenters. The van der Waals surface area contributed by atoms with E-state index in [0.29, 0.717) is 48.9 Å². The lowest BCUT2D eigenvalue weighted by molar-refractivity contribution is -0.0177. The number of carbonyl (C=O) groups excluding carboxylic acids is 2. The largest absolute Gasteiger partial charge is 0.490 e. The molecule has 3 amide bonds. The van der Waals surface area contributed by atoms with Crippen molar-refractivity contribution in [2.45, 2.75) is 64.8 Å². The summed E-state index contributed by atoms with van der Waals surface area (Å²) in [6.45, 7) is 8.21. The summed E-state index contributed by atoms with van der Waals surface area (Å²) >= 11 is 0. The van der Waals surface area contributed by atoms with Crippen LogP contribution in [-0.2, 0) is 11.3 Å². The summed E-state index contributed by atoms with van der Waals surface area (Å²) in [6, 6.07) is 19.3. The number of amides is 3. The topological polar surface area (TPSA) is 122 Å². The number of ether oxygens (including phenoxy) is 4. The van der Waals surface area contributed by atoms with Crippen LogP contribution in [0.1, 0.15) is 56.0 Å². The number of nitrogens with zero attached hydrogens (tertiary/aromatic N) is 2. The second kappa shape index (κ2) is 16.7. The molecule has 11 heteroatoms. The maximum Gasteiger partial charge on any atom is 0.323 e. The maximum absolute atomic E-state index is 14.4. The van der Waals surface area contributed by atoms with Crippen molar-refractivity contribution in [3.05, 3.63) is 77.9 Å². The van der Waals surface area contributed by atoms with Crippen LogP contribution in [0.3, 0.4) is 0 Å². The quantitative estimate of drug-likeness (QED) is 0.270. The summed E-state index contributed by atoms with van der Waals surface area (Å²) < 4.78 is 23.9. The summed E-state index contributed by atoms with van der Waals surface area (Å²) in [7, 11) is 2.06. The van der Waals surface area contributed by atoms with Crippen molar-refractivity contribution in [1.82, 2.24) is 9.80 Å². The van der Waals surface area contributed by atoms with Crippen molar-refractivity contribution < 1.29 is 33.6 Å². The number of fused-ring (bicyclic) bond motifs is 2. The molecule has 0 saturated carbocycles. The Balaban J connectivity index is 1.36. The minimum Gasteiger partial charge on any atom is -0.490 e. The molecule has 2 heterocycles. The van der Waals surface area contributed by atoms with E-state index < -0.39 is 12.1 Å². The molecule has 0 radical (unpaired) electrons. The number of urea groups is 1. The fourth-order valence-corrected chi connectivity index (χ4v) is 6.00. The van der Waals surface area contributed by atoms with Crippen LogP contribution in [0.2, 0.25) is 0 Å². The van der Waals surface area contributed by atoms with Crippen molar-refractivity contribution >= 4 is 23.3 Å². The molecule has 0 aliphatic carbocycles. The molecule has 0 fully saturated rings. The van der Waals surface area contributed by atoms with Crippen molar-refractivity contribution in [3.8, 4) is 17.2 Å². The van der Waals surface area contributed by atoms with Gasteiger partial charge in [0.15, 0.2) is 11.5 Å². The average molecular weight is 661 g/mol. The molecule has 3 aromatic rings. The molecule has 0 saturated heterocycles. The number of rotatable bonds is 8. The number of aliphatic hydroxyl groups excluding tert-OH is 1. The Morgan fingerprint density at radius 1 is 0.979 bits per heavy atom. The zero-order chi connectivity index (χ0) is 34.0. The van der Waals surface area contributed by atoms with Gasteiger partial charge in [-0.05, 0) is 88.2 Å². The number of para-hydroxylation sites is 1. The zero-order valence-corrected chi connectivity index (χ0v) is 28.3. The molecule has 2 aliphatic rings. The minimum atomic E-state index is -0.469. The first kappa shape index (κ1) is 35.0. The number of carbonyl (C=O) groups is 2. The van der Waals surface area contributed by atoms with Crippen LogP contribution in [-0.4, -0.2) is 85.2 Å². The Hall–Kier alpha value is -4.32. The normalized spacial score (nSPS) is 20.8. The van der Waals surface area contributed by atoms with Crippen LogP contribution in [0.5, 0.6) is 17.2 Å². The smallest absolute Gasteiger partial charge is 0.323 e. The van der Waals surface area contributed by atoms with Gasteiger partial charge in [0.05, 0.1) is 30.4 Å². The van der Waals surface area contributed by atoms with E-state index in [1.807, 2.05) is 50.2 Å². The molecule has 258 valence electrons. The van der Waals surface area contributed by atoms with Crippen LogP contribution in [0.15, 0.2) is 66.7 Å². The fraction of sp³-hybridized carbons (Fsp3) is 0.459. The molecule has 0 aromatic heterocycles. The van der Waals surface area contributed by atoms with Gasteiger partial charge < -0.3 is 39.6 Å². The van der Waals surface area contributed by atoms with Crippen LogP contribution in [0.4, 0.5) is 16.2 Å². The number of aliphatic hydroxyl groups is 1. The summed E-state index contributed by atoms with van der Waals surface area (Å²) in [5.41, 5.74) is 2.52. The van der Waals surface area contributed by atoms with Gasteiger partial charge in [-0.1, -0.05) is 31.2 Å².